The summed E-state index contributed by atoms with van der Waals surface area (Å²) >= 11 is 0. The minimum atomic E-state index is -4.14. The zero-order valence-corrected chi connectivity index (χ0v) is 24.0. The molecule has 224 valence electrons. The normalized spacial score (nSPS) is 29.1. The molecule has 0 spiro atoms. The topological polar surface area (TPSA) is 81.8 Å². The largest absolute Gasteiger partial charge is 0.395 e. The van der Waals surface area contributed by atoms with Gasteiger partial charge in [-0.15, -0.1) is 0 Å². The first-order valence-corrected chi connectivity index (χ1v) is 15.2. The molecule has 0 aromatic heterocycles. The molecule has 2 N–H and O–H groups in total. The number of alkyl halides is 3. The van der Waals surface area contributed by atoms with Crippen LogP contribution >= 0.6 is 0 Å². The zero-order chi connectivity index (χ0) is 29.2. The van der Waals surface area contributed by atoms with Gasteiger partial charge in [-0.1, -0.05) is 19.9 Å². The van der Waals surface area contributed by atoms with Gasteiger partial charge in [0.15, 0.2) is 0 Å². The van der Waals surface area contributed by atoms with Gasteiger partial charge in [0.1, 0.15) is 6.04 Å². The Kier molecular flexibility index (Phi) is 7.14. The first kappa shape index (κ1) is 28.5. The number of hydrogen-bond donors (Lipinski definition) is 2. The number of anilines is 1. The maximum Gasteiger partial charge on any atom is 0.395 e. The molecule has 3 aliphatic carbocycles. The molecule has 3 amide bonds. The molecule has 41 heavy (non-hydrogen) atoms. The van der Waals surface area contributed by atoms with Crippen LogP contribution in [0.1, 0.15) is 94.0 Å². The van der Waals surface area contributed by atoms with Crippen LogP contribution in [0.5, 0.6) is 0 Å². The zero-order valence-electron chi connectivity index (χ0n) is 24.0. The quantitative estimate of drug-likeness (QED) is 0.431. The molecule has 1 saturated heterocycles. The van der Waals surface area contributed by atoms with E-state index in [1.54, 1.807) is 4.90 Å². The van der Waals surface area contributed by atoms with E-state index in [0.29, 0.717) is 29.9 Å². The molecule has 7 nitrogen and oxygen atoms in total. The lowest BCUT2D eigenvalue weighted by Gasteiger charge is -2.48. The smallest absolute Gasteiger partial charge is 0.368 e. The molecule has 1 aromatic rings. The number of halogens is 3. The van der Waals surface area contributed by atoms with Crippen molar-refractivity contribution in [3.63, 3.8) is 0 Å². The number of hydrogen-bond acceptors (Lipinski definition) is 5. The number of nitrogens with zero attached hydrogens (tertiary/aromatic N) is 2. The van der Waals surface area contributed by atoms with E-state index in [-0.39, 0.29) is 49.7 Å². The van der Waals surface area contributed by atoms with Crippen LogP contribution in [0.3, 0.4) is 0 Å². The number of rotatable bonds is 8. The summed E-state index contributed by atoms with van der Waals surface area (Å²) in [5.74, 6) is -0.349. The van der Waals surface area contributed by atoms with Crippen molar-refractivity contribution in [2.75, 3.05) is 18.0 Å². The molecule has 6 rings (SSSR count). The van der Waals surface area contributed by atoms with Gasteiger partial charge >= 0.3 is 6.18 Å². The summed E-state index contributed by atoms with van der Waals surface area (Å²) in [4.78, 5) is 41.9. The van der Waals surface area contributed by atoms with Crippen LogP contribution in [-0.2, 0) is 16.1 Å². The van der Waals surface area contributed by atoms with Crippen molar-refractivity contribution in [2.24, 2.45) is 16.7 Å². The molecule has 0 bridgehead atoms. The molecular formula is C31H41F3N4O3. The molecule has 0 radical (unpaired) electrons. The third-order valence-corrected chi connectivity index (χ3v) is 10.3. The predicted molar refractivity (Wildman–Crippen MR) is 148 cm³/mol. The standard InChI is InChI=1S/C31H41F3N4O3/c1-29(2)14-19(15-29)16-37(21-8-6-20(7-9-21)35-18-30(12-13-30)31(32,33)34)24-5-3-4-22-23(24)17-38(28(22)41)25-10-11-26(39)36-27(25)40/h3-5,19-21,25,35H,6-18H2,1-2H3,(H,36,39,40). The number of fused-ring (bicyclic) bond motifs is 1. The van der Waals surface area contributed by atoms with E-state index in [9.17, 15) is 27.6 Å². The number of amides is 3. The van der Waals surface area contributed by atoms with E-state index in [2.05, 4.69) is 35.4 Å². The maximum absolute atomic E-state index is 13.5. The SMILES string of the molecule is CC1(C)CC(CN(c2cccc3c2CN(C2CCC(=O)NC2=O)C3=O)C2CCC(NCC3(C(F)(F)F)CC3)CC2)C1. The molecule has 5 aliphatic rings. The molecule has 1 unspecified atom stereocenters. The van der Waals surface area contributed by atoms with Gasteiger partial charge in [-0.25, -0.2) is 0 Å². The average Bonchev–Trinajstić information content (AvgIpc) is 3.63. The third-order valence-electron chi connectivity index (χ3n) is 10.3. The molecule has 10 heteroatoms. The fourth-order valence-corrected chi connectivity index (χ4v) is 7.84. The lowest BCUT2D eigenvalue weighted by Crippen LogP contribution is -2.52. The van der Waals surface area contributed by atoms with Crippen LogP contribution in [0, 0.1) is 16.7 Å². The van der Waals surface area contributed by atoms with Crippen molar-refractivity contribution in [3.8, 4) is 0 Å². The van der Waals surface area contributed by atoms with Gasteiger partial charge < -0.3 is 15.1 Å². The first-order chi connectivity index (χ1) is 19.4. The van der Waals surface area contributed by atoms with Crippen LogP contribution in [-0.4, -0.2) is 60.0 Å². The van der Waals surface area contributed by atoms with Crippen LogP contribution in [0.4, 0.5) is 18.9 Å². The van der Waals surface area contributed by atoms with Crippen LogP contribution in [0.25, 0.3) is 0 Å². The van der Waals surface area contributed by atoms with Crippen molar-refractivity contribution in [2.45, 2.75) is 109 Å². The highest BCUT2D eigenvalue weighted by Gasteiger charge is 2.62. The van der Waals surface area contributed by atoms with Gasteiger partial charge in [0, 0.05) is 55.0 Å². The first-order valence-electron chi connectivity index (χ1n) is 15.2. The number of carbonyl (C=O) groups is 3. The van der Waals surface area contributed by atoms with E-state index >= 15 is 0 Å². The number of carbonyl (C=O) groups excluding carboxylic acids is 3. The fourth-order valence-electron chi connectivity index (χ4n) is 7.84. The van der Waals surface area contributed by atoms with E-state index in [0.717, 1.165) is 56.3 Å². The minimum absolute atomic E-state index is 0.0111. The van der Waals surface area contributed by atoms with Gasteiger partial charge in [-0.05, 0) is 81.3 Å². The van der Waals surface area contributed by atoms with Gasteiger partial charge in [0.25, 0.3) is 5.91 Å². The Balaban J connectivity index is 1.18. The van der Waals surface area contributed by atoms with Gasteiger partial charge in [0.05, 0.1) is 5.41 Å². The maximum atomic E-state index is 13.5. The van der Waals surface area contributed by atoms with Gasteiger partial charge in [0.2, 0.25) is 11.8 Å². The predicted octanol–water partition coefficient (Wildman–Crippen LogP) is 4.93. The summed E-state index contributed by atoms with van der Waals surface area (Å²) in [5, 5.41) is 5.63. The highest BCUT2D eigenvalue weighted by atomic mass is 19.4. The van der Waals surface area contributed by atoms with Gasteiger partial charge in [-0.2, -0.15) is 13.2 Å². The van der Waals surface area contributed by atoms with Gasteiger partial charge in [-0.3, -0.25) is 19.7 Å². The molecule has 2 aliphatic heterocycles. The lowest BCUT2D eigenvalue weighted by molar-refractivity contribution is -0.186. The summed E-state index contributed by atoms with van der Waals surface area (Å²) in [6, 6.07) is 5.48. The Morgan fingerprint density at radius 1 is 1.05 bits per heavy atom. The third kappa shape index (κ3) is 5.48. The number of benzene rings is 1. The lowest BCUT2D eigenvalue weighted by atomic mass is 9.64. The van der Waals surface area contributed by atoms with Crippen molar-refractivity contribution < 1.29 is 27.6 Å². The molecule has 4 fully saturated rings. The molecule has 3 saturated carbocycles. The van der Waals surface area contributed by atoms with E-state index in [4.69, 9.17) is 0 Å². The average molecular weight is 575 g/mol. The van der Waals surface area contributed by atoms with Crippen LogP contribution in [0.15, 0.2) is 18.2 Å². The Morgan fingerprint density at radius 3 is 2.37 bits per heavy atom. The molecular weight excluding hydrogens is 533 g/mol. The molecule has 1 aromatic carbocycles. The van der Waals surface area contributed by atoms with E-state index < -0.39 is 23.5 Å². The summed E-state index contributed by atoms with van der Waals surface area (Å²) in [6.07, 6.45) is 2.51. The van der Waals surface area contributed by atoms with E-state index in [1.165, 1.54) is 0 Å². The summed E-state index contributed by atoms with van der Waals surface area (Å²) in [6.45, 7) is 5.80. The molecule has 1 atom stereocenters. The van der Waals surface area contributed by atoms with Crippen molar-refractivity contribution in [3.05, 3.63) is 29.3 Å². The van der Waals surface area contributed by atoms with Crippen LogP contribution in [0.2, 0.25) is 0 Å². The Bertz CT molecular complexity index is 1210. The van der Waals surface area contributed by atoms with Crippen LogP contribution < -0.4 is 15.5 Å². The number of imide groups is 1. The monoisotopic (exact) mass is 574 g/mol. The second-order valence-corrected chi connectivity index (χ2v) is 14.0. The Morgan fingerprint density at radius 2 is 1.76 bits per heavy atom. The Hall–Kier alpha value is -2.62. The summed E-state index contributed by atoms with van der Waals surface area (Å²) < 4.78 is 40.3. The Labute approximate surface area is 239 Å². The minimum Gasteiger partial charge on any atom is -0.368 e. The second kappa shape index (κ2) is 10.3. The number of nitrogens with one attached hydrogen (secondary N) is 2. The van der Waals surface area contributed by atoms with Crippen molar-refractivity contribution in [1.82, 2.24) is 15.5 Å². The highest BCUT2D eigenvalue weighted by Crippen LogP contribution is 2.57. The number of piperidine rings is 1. The van der Waals surface area contributed by atoms with E-state index in [1.807, 2.05) is 12.1 Å². The van der Waals surface area contributed by atoms with Crippen molar-refractivity contribution >= 4 is 23.4 Å². The summed E-state index contributed by atoms with van der Waals surface area (Å²) in [5.41, 5.74) is 1.37. The van der Waals surface area contributed by atoms with Crippen molar-refractivity contribution in [1.29, 1.82) is 0 Å². The summed E-state index contributed by atoms with van der Waals surface area (Å²) in [7, 11) is 0. The highest BCUT2D eigenvalue weighted by molar-refractivity contribution is 6.06. The second-order valence-electron chi connectivity index (χ2n) is 14.0. The fraction of sp³-hybridized carbons (Fsp3) is 0.710. The molecule has 2 heterocycles.